The number of aldehydes is 1. The second-order valence-corrected chi connectivity index (χ2v) is 8.47. The average molecular weight is 464 g/mol. The van der Waals surface area contributed by atoms with E-state index in [0.717, 1.165) is 24.0 Å². The van der Waals surface area contributed by atoms with Crippen LogP contribution in [-0.2, 0) is 27.3 Å². The number of rotatable bonds is 10. The molecule has 178 valence electrons. The topological polar surface area (TPSA) is 96.0 Å². The molecule has 2 heterocycles. The fraction of sp³-hybridized carbons (Fsp3) is 0.385. The van der Waals surface area contributed by atoms with Crippen LogP contribution in [0.1, 0.15) is 47.2 Å². The molecule has 0 saturated heterocycles. The van der Waals surface area contributed by atoms with E-state index in [1.54, 1.807) is 18.2 Å². The number of likely N-dealkylation sites (N-methyl/N-ethyl adjacent to an activating group) is 1. The first kappa shape index (κ1) is 23.5. The number of para-hydroxylation sites is 1. The number of benzene rings is 2. The van der Waals surface area contributed by atoms with Gasteiger partial charge in [-0.15, -0.1) is 0 Å². The highest BCUT2D eigenvalue weighted by Gasteiger charge is 2.37. The zero-order valence-corrected chi connectivity index (χ0v) is 19.3. The second-order valence-electron chi connectivity index (χ2n) is 8.47. The summed E-state index contributed by atoms with van der Waals surface area (Å²) in [6, 6.07) is 12.5. The van der Waals surface area contributed by atoms with Crippen LogP contribution in [0.3, 0.4) is 0 Å². The van der Waals surface area contributed by atoms with Crippen LogP contribution >= 0.6 is 0 Å². The summed E-state index contributed by atoms with van der Waals surface area (Å²) in [5.74, 6) is 0.116. The summed E-state index contributed by atoms with van der Waals surface area (Å²) in [4.78, 5) is 52.2. The molecule has 8 heteroatoms. The van der Waals surface area contributed by atoms with E-state index >= 15 is 0 Å². The number of ether oxygens (including phenoxy) is 1. The van der Waals surface area contributed by atoms with E-state index in [4.69, 9.17) is 4.74 Å². The maximum atomic E-state index is 13.0. The number of hydrogen-bond acceptors (Lipinski definition) is 5. The SMILES string of the molecule is CNC(=O)C(CCC=O)N1Cc2c(OCCCC(=O)N3CCc4ccccc43)cccc2C1=O. The average Bonchev–Trinajstić information content (AvgIpc) is 3.44. The molecule has 34 heavy (non-hydrogen) atoms. The van der Waals surface area contributed by atoms with Crippen LogP contribution in [0.5, 0.6) is 5.75 Å². The lowest BCUT2D eigenvalue weighted by Gasteiger charge is -2.25. The van der Waals surface area contributed by atoms with Crippen molar-refractivity contribution in [2.45, 2.75) is 44.7 Å². The largest absolute Gasteiger partial charge is 0.493 e. The molecule has 2 aliphatic heterocycles. The number of nitrogens with zero attached hydrogens (tertiary/aromatic N) is 2. The fourth-order valence-corrected chi connectivity index (χ4v) is 4.67. The standard InChI is InChI=1S/C26H29N3O5/c1-27-25(32)22(10-5-15-30)29-17-20-19(26(29)33)8-4-11-23(20)34-16-6-12-24(31)28-14-13-18-7-2-3-9-21(18)28/h2-4,7-9,11,15,22H,5-6,10,12-14,16-17H2,1H3,(H,27,32). The lowest BCUT2D eigenvalue weighted by molar-refractivity contribution is -0.125. The molecular formula is C26H29N3O5. The predicted octanol–water partition coefficient (Wildman–Crippen LogP) is 2.48. The molecule has 1 N–H and O–H groups in total. The minimum Gasteiger partial charge on any atom is -0.493 e. The number of amides is 3. The normalized spacial score (nSPS) is 15.0. The fourth-order valence-electron chi connectivity index (χ4n) is 4.67. The van der Waals surface area contributed by atoms with Crippen LogP contribution in [0.25, 0.3) is 0 Å². The van der Waals surface area contributed by atoms with Gasteiger partial charge in [0.1, 0.15) is 18.1 Å². The summed E-state index contributed by atoms with van der Waals surface area (Å²) in [6.45, 7) is 1.29. The minimum absolute atomic E-state index is 0.0804. The number of fused-ring (bicyclic) bond motifs is 2. The maximum Gasteiger partial charge on any atom is 0.255 e. The molecule has 0 saturated carbocycles. The van der Waals surface area contributed by atoms with Crippen molar-refractivity contribution in [2.75, 3.05) is 25.1 Å². The Labute approximate surface area is 198 Å². The lowest BCUT2D eigenvalue weighted by atomic mass is 10.1. The van der Waals surface area contributed by atoms with Crippen LogP contribution in [0.4, 0.5) is 5.69 Å². The quantitative estimate of drug-likeness (QED) is 0.431. The molecule has 0 fully saturated rings. The van der Waals surface area contributed by atoms with Gasteiger partial charge >= 0.3 is 0 Å². The first-order valence-corrected chi connectivity index (χ1v) is 11.6. The Kier molecular flexibility index (Phi) is 7.25. The van der Waals surface area contributed by atoms with Crippen molar-refractivity contribution in [2.24, 2.45) is 0 Å². The Morgan fingerprint density at radius 1 is 1.18 bits per heavy atom. The summed E-state index contributed by atoms with van der Waals surface area (Å²) < 4.78 is 5.97. The van der Waals surface area contributed by atoms with Gasteiger partial charge in [-0.05, 0) is 43.0 Å². The Balaban J connectivity index is 1.36. The second kappa shape index (κ2) is 10.5. The highest BCUT2D eigenvalue weighted by molar-refractivity contribution is 6.01. The number of hydrogen-bond donors (Lipinski definition) is 1. The molecule has 3 amide bonds. The molecule has 0 bridgehead atoms. The Morgan fingerprint density at radius 2 is 2.00 bits per heavy atom. The number of nitrogens with one attached hydrogen (secondary N) is 1. The van der Waals surface area contributed by atoms with Gasteiger partial charge in [-0.1, -0.05) is 24.3 Å². The van der Waals surface area contributed by atoms with Crippen molar-refractivity contribution >= 4 is 29.7 Å². The lowest BCUT2D eigenvalue weighted by Crippen LogP contribution is -2.46. The van der Waals surface area contributed by atoms with E-state index in [1.807, 2.05) is 23.1 Å². The summed E-state index contributed by atoms with van der Waals surface area (Å²) >= 11 is 0. The van der Waals surface area contributed by atoms with E-state index < -0.39 is 6.04 Å². The third-order valence-electron chi connectivity index (χ3n) is 6.42. The van der Waals surface area contributed by atoms with Crippen molar-refractivity contribution in [1.82, 2.24) is 10.2 Å². The highest BCUT2D eigenvalue weighted by Crippen LogP contribution is 2.33. The smallest absolute Gasteiger partial charge is 0.255 e. The van der Waals surface area contributed by atoms with Gasteiger partial charge in [0, 0.05) is 43.2 Å². The van der Waals surface area contributed by atoms with Gasteiger partial charge in [-0.3, -0.25) is 14.4 Å². The molecule has 0 spiro atoms. The first-order valence-electron chi connectivity index (χ1n) is 11.6. The summed E-state index contributed by atoms with van der Waals surface area (Å²) in [7, 11) is 1.51. The third-order valence-corrected chi connectivity index (χ3v) is 6.42. The van der Waals surface area contributed by atoms with Crippen molar-refractivity contribution in [1.29, 1.82) is 0 Å². The van der Waals surface area contributed by atoms with E-state index in [1.165, 1.54) is 17.5 Å². The van der Waals surface area contributed by atoms with Gasteiger partial charge < -0.3 is 24.6 Å². The van der Waals surface area contributed by atoms with Crippen molar-refractivity contribution in [3.05, 3.63) is 59.2 Å². The van der Waals surface area contributed by atoms with E-state index in [-0.39, 0.29) is 37.1 Å². The van der Waals surface area contributed by atoms with Crippen LogP contribution in [0.2, 0.25) is 0 Å². The predicted molar refractivity (Wildman–Crippen MR) is 127 cm³/mol. The third kappa shape index (κ3) is 4.66. The van der Waals surface area contributed by atoms with Gasteiger partial charge in [0.2, 0.25) is 11.8 Å². The summed E-state index contributed by atoms with van der Waals surface area (Å²) in [5, 5.41) is 2.58. The van der Waals surface area contributed by atoms with Crippen molar-refractivity contribution in [3.63, 3.8) is 0 Å². The van der Waals surface area contributed by atoms with Crippen LogP contribution in [-0.4, -0.2) is 55.1 Å². The van der Waals surface area contributed by atoms with Gasteiger partial charge in [-0.25, -0.2) is 0 Å². The number of anilines is 1. The zero-order chi connectivity index (χ0) is 24.1. The van der Waals surface area contributed by atoms with Crippen LogP contribution in [0, 0.1) is 0 Å². The molecule has 2 aromatic carbocycles. The van der Waals surface area contributed by atoms with Crippen molar-refractivity contribution < 1.29 is 23.9 Å². The monoisotopic (exact) mass is 463 g/mol. The molecule has 2 aliphatic rings. The van der Waals surface area contributed by atoms with Crippen molar-refractivity contribution in [3.8, 4) is 5.75 Å². The molecule has 1 unspecified atom stereocenters. The molecule has 4 rings (SSSR count). The molecular weight excluding hydrogens is 434 g/mol. The van der Waals surface area contributed by atoms with Crippen LogP contribution < -0.4 is 15.0 Å². The Hall–Kier alpha value is -3.68. The van der Waals surface area contributed by atoms with Gasteiger partial charge in [0.15, 0.2) is 0 Å². The minimum atomic E-state index is -0.719. The van der Waals surface area contributed by atoms with Gasteiger partial charge in [-0.2, -0.15) is 0 Å². The zero-order valence-electron chi connectivity index (χ0n) is 19.3. The number of carbonyl (C=O) groups excluding carboxylic acids is 4. The summed E-state index contributed by atoms with van der Waals surface area (Å²) in [5.41, 5.74) is 3.42. The van der Waals surface area contributed by atoms with E-state index in [2.05, 4.69) is 11.4 Å². The Morgan fingerprint density at radius 3 is 2.79 bits per heavy atom. The van der Waals surface area contributed by atoms with E-state index in [0.29, 0.717) is 37.3 Å². The molecule has 0 radical (unpaired) electrons. The van der Waals surface area contributed by atoms with Gasteiger partial charge in [0.05, 0.1) is 13.2 Å². The molecule has 1 atom stereocenters. The molecule has 2 aromatic rings. The summed E-state index contributed by atoms with van der Waals surface area (Å²) in [6.07, 6.45) is 3.01. The molecule has 0 aromatic heterocycles. The molecule has 8 nitrogen and oxygen atoms in total. The number of carbonyl (C=O) groups is 4. The highest BCUT2D eigenvalue weighted by atomic mass is 16.5. The van der Waals surface area contributed by atoms with Crippen LogP contribution in [0.15, 0.2) is 42.5 Å². The maximum absolute atomic E-state index is 13.0. The Bertz CT molecular complexity index is 1100. The first-order chi connectivity index (χ1) is 16.5. The van der Waals surface area contributed by atoms with Gasteiger partial charge in [0.25, 0.3) is 5.91 Å². The molecule has 0 aliphatic carbocycles. The van der Waals surface area contributed by atoms with E-state index in [9.17, 15) is 19.2 Å².